The number of fused-ring (bicyclic) bond motifs is 1. The van der Waals surface area contributed by atoms with E-state index in [-0.39, 0.29) is 11.5 Å². The molecule has 3 nitrogen and oxygen atoms in total. The highest BCUT2D eigenvalue weighted by atomic mass is 16.5. The lowest BCUT2D eigenvalue weighted by atomic mass is 10.0. The highest BCUT2D eigenvalue weighted by molar-refractivity contribution is 6.01. The van der Waals surface area contributed by atoms with E-state index in [1.807, 2.05) is 0 Å². The molecule has 0 amide bonds. The number of hydrogen-bond acceptors (Lipinski definition) is 3. The standard InChI is InChI=1S/C13H12O3/c1-8(14)9-3-4-10-11(7-9)12(15)5-6-13(10)16-2/h3-7,15H,1-2H3. The van der Waals surface area contributed by atoms with Crippen LogP contribution in [0.2, 0.25) is 0 Å². The van der Waals surface area contributed by atoms with Crippen LogP contribution in [0, 0.1) is 0 Å². The first-order chi connectivity index (χ1) is 7.63. The fraction of sp³-hybridized carbons (Fsp3) is 0.154. The highest BCUT2D eigenvalue weighted by Gasteiger charge is 2.08. The monoisotopic (exact) mass is 216 g/mol. The van der Waals surface area contributed by atoms with Crippen LogP contribution >= 0.6 is 0 Å². The zero-order chi connectivity index (χ0) is 11.7. The quantitative estimate of drug-likeness (QED) is 0.785. The molecule has 0 spiro atoms. The number of hydrogen-bond donors (Lipinski definition) is 1. The van der Waals surface area contributed by atoms with Gasteiger partial charge in [0.15, 0.2) is 5.78 Å². The molecule has 0 unspecified atom stereocenters. The number of ketones is 1. The Labute approximate surface area is 93.3 Å². The summed E-state index contributed by atoms with van der Waals surface area (Å²) >= 11 is 0. The van der Waals surface area contributed by atoms with Crippen LogP contribution in [0.1, 0.15) is 17.3 Å². The predicted molar refractivity (Wildman–Crippen MR) is 62.2 cm³/mol. The van der Waals surface area contributed by atoms with Crippen molar-refractivity contribution in [2.75, 3.05) is 7.11 Å². The number of ether oxygens (including phenoxy) is 1. The number of aromatic hydroxyl groups is 1. The van der Waals surface area contributed by atoms with Gasteiger partial charge in [-0.25, -0.2) is 0 Å². The Bertz CT molecular complexity index is 558. The second-order valence-electron chi connectivity index (χ2n) is 3.60. The van der Waals surface area contributed by atoms with Crippen molar-refractivity contribution in [3.8, 4) is 11.5 Å². The minimum Gasteiger partial charge on any atom is -0.507 e. The summed E-state index contributed by atoms with van der Waals surface area (Å²) in [4.78, 5) is 11.2. The van der Waals surface area contributed by atoms with Gasteiger partial charge >= 0.3 is 0 Å². The zero-order valence-corrected chi connectivity index (χ0v) is 9.15. The third-order valence-electron chi connectivity index (χ3n) is 2.58. The molecule has 1 N–H and O–H groups in total. The van der Waals surface area contributed by atoms with Crippen LogP contribution in [0.3, 0.4) is 0 Å². The maximum absolute atomic E-state index is 11.2. The molecule has 16 heavy (non-hydrogen) atoms. The molecule has 0 fully saturated rings. The average Bonchev–Trinajstić information content (AvgIpc) is 2.29. The first kappa shape index (κ1) is 10.5. The number of phenols is 1. The Morgan fingerprint density at radius 2 is 1.94 bits per heavy atom. The van der Waals surface area contributed by atoms with E-state index < -0.39 is 0 Å². The summed E-state index contributed by atoms with van der Waals surface area (Å²) in [6.07, 6.45) is 0. The molecular formula is C13H12O3. The largest absolute Gasteiger partial charge is 0.507 e. The number of carbonyl (C=O) groups excluding carboxylic acids is 1. The van der Waals surface area contributed by atoms with Crippen LogP contribution in [0.4, 0.5) is 0 Å². The molecule has 0 bridgehead atoms. The normalized spacial score (nSPS) is 10.4. The lowest BCUT2D eigenvalue weighted by molar-refractivity contribution is 0.101. The highest BCUT2D eigenvalue weighted by Crippen LogP contribution is 2.32. The summed E-state index contributed by atoms with van der Waals surface area (Å²) in [5.74, 6) is 0.811. The molecule has 2 aromatic rings. The van der Waals surface area contributed by atoms with Crippen molar-refractivity contribution in [3.63, 3.8) is 0 Å². The second kappa shape index (κ2) is 3.85. The van der Waals surface area contributed by atoms with Gasteiger partial charge in [-0.2, -0.15) is 0 Å². The molecule has 2 rings (SSSR count). The van der Waals surface area contributed by atoms with Crippen molar-refractivity contribution in [1.29, 1.82) is 0 Å². The van der Waals surface area contributed by atoms with Gasteiger partial charge in [0.2, 0.25) is 0 Å². The smallest absolute Gasteiger partial charge is 0.159 e. The Morgan fingerprint density at radius 3 is 2.56 bits per heavy atom. The van der Waals surface area contributed by atoms with Gasteiger partial charge in [0.05, 0.1) is 7.11 Å². The molecule has 0 atom stereocenters. The molecule has 0 aliphatic heterocycles. The van der Waals surface area contributed by atoms with Crippen molar-refractivity contribution in [2.24, 2.45) is 0 Å². The molecule has 3 heteroatoms. The van der Waals surface area contributed by atoms with Crippen LogP contribution in [0.15, 0.2) is 30.3 Å². The minimum atomic E-state index is -0.0240. The third-order valence-corrected chi connectivity index (χ3v) is 2.58. The molecule has 0 saturated carbocycles. The molecule has 0 aromatic heterocycles. The predicted octanol–water partition coefficient (Wildman–Crippen LogP) is 2.76. The fourth-order valence-electron chi connectivity index (χ4n) is 1.70. The van der Waals surface area contributed by atoms with Crippen LogP contribution in [-0.4, -0.2) is 18.0 Å². The molecule has 0 aliphatic rings. The van der Waals surface area contributed by atoms with Gasteiger partial charge in [-0.3, -0.25) is 4.79 Å². The van der Waals surface area contributed by atoms with E-state index in [1.165, 1.54) is 6.92 Å². The van der Waals surface area contributed by atoms with E-state index >= 15 is 0 Å². The topological polar surface area (TPSA) is 46.5 Å². The van der Waals surface area contributed by atoms with Crippen LogP contribution in [-0.2, 0) is 0 Å². The van der Waals surface area contributed by atoms with Gasteiger partial charge in [0, 0.05) is 16.3 Å². The van der Waals surface area contributed by atoms with Gasteiger partial charge in [0.25, 0.3) is 0 Å². The van der Waals surface area contributed by atoms with Crippen LogP contribution < -0.4 is 4.74 Å². The van der Waals surface area contributed by atoms with Crippen molar-refractivity contribution in [3.05, 3.63) is 35.9 Å². The summed E-state index contributed by atoms with van der Waals surface area (Å²) in [5, 5.41) is 11.2. The van der Waals surface area contributed by atoms with Gasteiger partial charge in [-0.05, 0) is 31.2 Å². The Kier molecular flexibility index (Phi) is 2.52. The molecule has 2 aromatic carbocycles. The lowest BCUT2D eigenvalue weighted by Crippen LogP contribution is -1.92. The van der Waals surface area contributed by atoms with Crippen LogP contribution in [0.25, 0.3) is 10.8 Å². The summed E-state index contributed by atoms with van der Waals surface area (Å²) in [6, 6.07) is 8.45. The van der Waals surface area contributed by atoms with E-state index in [4.69, 9.17) is 4.74 Å². The van der Waals surface area contributed by atoms with Gasteiger partial charge in [0.1, 0.15) is 11.5 Å². The summed E-state index contributed by atoms with van der Waals surface area (Å²) < 4.78 is 5.19. The van der Waals surface area contributed by atoms with E-state index in [1.54, 1.807) is 37.4 Å². The molecular weight excluding hydrogens is 204 g/mol. The van der Waals surface area contributed by atoms with E-state index in [9.17, 15) is 9.90 Å². The van der Waals surface area contributed by atoms with Crippen molar-refractivity contribution in [1.82, 2.24) is 0 Å². The van der Waals surface area contributed by atoms with Gasteiger partial charge < -0.3 is 9.84 Å². The SMILES string of the molecule is COc1ccc(O)c2cc(C(C)=O)ccc12. The molecule has 0 saturated heterocycles. The first-order valence-electron chi connectivity index (χ1n) is 4.94. The van der Waals surface area contributed by atoms with Crippen molar-refractivity contribution >= 4 is 16.6 Å². The number of phenolic OH excluding ortho intramolecular Hbond substituents is 1. The molecule has 0 radical (unpaired) electrons. The number of methoxy groups -OCH3 is 1. The fourth-order valence-corrected chi connectivity index (χ4v) is 1.70. The molecule has 82 valence electrons. The van der Waals surface area contributed by atoms with E-state index in [0.29, 0.717) is 16.7 Å². The third kappa shape index (κ3) is 1.60. The minimum absolute atomic E-state index is 0.0240. The molecule has 0 heterocycles. The van der Waals surface area contributed by atoms with Crippen molar-refractivity contribution < 1.29 is 14.6 Å². The summed E-state index contributed by atoms with van der Waals surface area (Å²) in [6.45, 7) is 1.50. The summed E-state index contributed by atoms with van der Waals surface area (Å²) in [7, 11) is 1.57. The Hall–Kier alpha value is -2.03. The summed E-state index contributed by atoms with van der Waals surface area (Å²) in [5.41, 5.74) is 0.580. The lowest BCUT2D eigenvalue weighted by Gasteiger charge is -2.07. The number of rotatable bonds is 2. The Balaban J connectivity index is 2.77. The van der Waals surface area contributed by atoms with Gasteiger partial charge in [-0.15, -0.1) is 0 Å². The average molecular weight is 216 g/mol. The maximum atomic E-state index is 11.2. The Morgan fingerprint density at radius 1 is 1.19 bits per heavy atom. The first-order valence-corrected chi connectivity index (χ1v) is 4.94. The maximum Gasteiger partial charge on any atom is 0.159 e. The van der Waals surface area contributed by atoms with E-state index in [2.05, 4.69) is 0 Å². The zero-order valence-electron chi connectivity index (χ0n) is 9.15. The van der Waals surface area contributed by atoms with Crippen LogP contribution in [0.5, 0.6) is 11.5 Å². The van der Waals surface area contributed by atoms with Gasteiger partial charge in [-0.1, -0.05) is 6.07 Å². The van der Waals surface area contributed by atoms with Crippen molar-refractivity contribution in [2.45, 2.75) is 6.92 Å². The number of carbonyl (C=O) groups is 1. The number of benzene rings is 2. The molecule has 0 aliphatic carbocycles. The number of Topliss-reactive ketones (excluding diaryl/α,β-unsaturated/α-hetero) is 1. The van der Waals surface area contributed by atoms with E-state index in [0.717, 1.165) is 5.39 Å². The second-order valence-corrected chi connectivity index (χ2v) is 3.60.